The SMILES string of the molecule is COCOC1(c2ncc(-c3c(Cl)cnc4c3cc(-c3ccc(N)c(C)c3)n4S(=O)(=O)c3ccc(C)cc3)s2)CCC1. The normalized spacial score (nSPS) is 14.8. The molecular weight excluding hydrogens is 580 g/mol. The Morgan fingerprint density at radius 2 is 1.83 bits per heavy atom. The van der Waals surface area contributed by atoms with Crippen molar-refractivity contribution < 1.29 is 17.9 Å². The second kappa shape index (κ2) is 10.5. The second-order valence-electron chi connectivity index (χ2n) is 10.3. The van der Waals surface area contributed by atoms with Crippen LogP contribution in [0.15, 0.2) is 65.8 Å². The second-order valence-corrected chi connectivity index (χ2v) is 13.6. The maximum Gasteiger partial charge on any atom is 0.269 e. The number of halogens is 1. The van der Waals surface area contributed by atoms with E-state index in [9.17, 15) is 8.42 Å². The summed E-state index contributed by atoms with van der Waals surface area (Å²) in [7, 11) is -2.44. The minimum Gasteiger partial charge on any atom is -0.399 e. The van der Waals surface area contributed by atoms with Gasteiger partial charge < -0.3 is 15.2 Å². The molecule has 0 spiro atoms. The molecule has 2 aromatic carbocycles. The molecule has 3 heterocycles. The van der Waals surface area contributed by atoms with Crippen molar-refractivity contribution in [1.82, 2.24) is 13.9 Å². The quantitative estimate of drug-likeness (QED) is 0.150. The number of aryl methyl sites for hydroxylation is 2. The van der Waals surface area contributed by atoms with Gasteiger partial charge in [-0.25, -0.2) is 22.4 Å². The van der Waals surface area contributed by atoms with E-state index in [0.717, 1.165) is 40.3 Å². The number of benzene rings is 2. The summed E-state index contributed by atoms with van der Waals surface area (Å²) >= 11 is 8.27. The van der Waals surface area contributed by atoms with E-state index in [2.05, 4.69) is 4.98 Å². The molecule has 0 radical (unpaired) electrons. The summed E-state index contributed by atoms with van der Waals surface area (Å²) < 4.78 is 40.9. The Labute approximate surface area is 247 Å². The molecule has 5 aromatic rings. The number of fused-ring (bicyclic) bond motifs is 1. The van der Waals surface area contributed by atoms with Gasteiger partial charge in [0.25, 0.3) is 10.0 Å². The van der Waals surface area contributed by atoms with Crippen LogP contribution in [-0.2, 0) is 25.1 Å². The van der Waals surface area contributed by atoms with E-state index in [1.807, 2.05) is 32.0 Å². The lowest BCUT2D eigenvalue weighted by atomic mass is 9.80. The molecule has 0 saturated heterocycles. The number of methoxy groups -OCH3 is 1. The monoisotopic (exact) mass is 608 g/mol. The lowest BCUT2D eigenvalue weighted by Crippen LogP contribution is -2.37. The molecule has 6 rings (SSSR count). The lowest BCUT2D eigenvalue weighted by molar-refractivity contribution is -0.171. The van der Waals surface area contributed by atoms with Crippen molar-refractivity contribution in [3.8, 4) is 21.7 Å². The van der Waals surface area contributed by atoms with Crippen LogP contribution in [-0.4, -0.2) is 36.3 Å². The molecule has 11 heteroatoms. The molecule has 0 unspecified atom stereocenters. The van der Waals surface area contributed by atoms with Gasteiger partial charge in [0.15, 0.2) is 5.65 Å². The molecule has 2 N–H and O–H groups in total. The van der Waals surface area contributed by atoms with Crippen LogP contribution >= 0.6 is 22.9 Å². The summed E-state index contributed by atoms with van der Waals surface area (Å²) in [6.45, 7) is 3.98. The third-order valence-corrected chi connectivity index (χ3v) is 10.8. The first kappa shape index (κ1) is 27.9. The van der Waals surface area contributed by atoms with E-state index in [0.29, 0.717) is 32.9 Å². The highest BCUT2D eigenvalue weighted by Gasteiger charge is 2.43. The number of ether oxygens (including phenoxy) is 2. The molecule has 212 valence electrons. The third-order valence-electron chi connectivity index (χ3n) is 7.62. The Kier molecular flexibility index (Phi) is 7.15. The van der Waals surface area contributed by atoms with E-state index < -0.39 is 15.6 Å². The van der Waals surface area contributed by atoms with E-state index in [1.165, 1.54) is 21.5 Å². The Hall–Kier alpha value is -3.28. The number of anilines is 1. The average molecular weight is 609 g/mol. The van der Waals surface area contributed by atoms with E-state index in [4.69, 9.17) is 31.8 Å². The number of aromatic nitrogens is 3. The smallest absolute Gasteiger partial charge is 0.269 e. The van der Waals surface area contributed by atoms with Crippen LogP contribution in [0, 0.1) is 13.8 Å². The average Bonchev–Trinajstić information content (AvgIpc) is 3.56. The van der Waals surface area contributed by atoms with Crippen molar-refractivity contribution in [3.63, 3.8) is 0 Å². The van der Waals surface area contributed by atoms with Crippen LogP contribution in [0.3, 0.4) is 0 Å². The molecule has 3 aromatic heterocycles. The van der Waals surface area contributed by atoms with Crippen molar-refractivity contribution in [1.29, 1.82) is 0 Å². The fourth-order valence-corrected chi connectivity index (χ4v) is 8.11. The zero-order valence-electron chi connectivity index (χ0n) is 22.8. The Morgan fingerprint density at radius 3 is 2.49 bits per heavy atom. The number of hydrogen-bond acceptors (Lipinski definition) is 8. The van der Waals surface area contributed by atoms with Gasteiger partial charge >= 0.3 is 0 Å². The summed E-state index contributed by atoms with van der Waals surface area (Å²) in [4.78, 5) is 10.2. The van der Waals surface area contributed by atoms with Gasteiger partial charge in [0.2, 0.25) is 0 Å². The molecule has 8 nitrogen and oxygen atoms in total. The number of nitrogen functional groups attached to an aromatic ring is 1. The van der Waals surface area contributed by atoms with Gasteiger partial charge in [-0.3, -0.25) is 0 Å². The Bertz CT molecular complexity index is 1880. The summed E-state index contributed by atoms with van der Waals surface area (Å²) in [5.41, 5.74) is 10.1. The molecule has 0 bridgehead atoms. The van der Waals surface area contributed by atoms with Gasteiger partial charge in [-0.1, -0.05) is 35.4 Å². The van der Waals surface area contributed by atoms with Gasteiger partial charge in [-0.15, -0.1) is 11.3 Å². The van der Waals surface area contributed by atoms with Gasteiger partial charge in [0.05, 0.1) is 20.5 Å². The summed E-state index contributed by atoms with van der Waals surface area (Å²) in [5.74, 6) is 0. The predicted octanol–water partition coefficient (Wildman–Crippen LogP) is 6.92. The number of nitrogens with zero attached hydrogens (tertiary/aromatic N) is 3. The highest BCUT2D eigenvalue weighted by Crippen LogP contribution is 2.49. The van der Waals surface area contributed by atoms with E-state index in [-0.39, 0.29) is 17.3 Å². The summed E-state index contributed by atoms with van der Waals surface area (Å²) in [5, 5.41) is 1.85. The van der Waals surface area contributed by atoms with Crippen molar-refractivity contribution >= 4 is 49.7 Å². The Balaban J connectivity index is 1.59. The minimum atomic E-state index is -4.04. The van der Waals surface area contributed by atoms with Crippen LogP contribution in [0.2, 0.25) is 5.02 Å². The van der Waals surface area contributed by atoms with Crippen molar-refractivity contribution in [2.24, 2.45) is 0 Å². The molecule has 41 heavy (non-hydrogen) atoms. The lowest BCUT2D eigenvalue weighted by Gasteiger charge is -2.39. The minimum absolute atomic E-state index is 0.162. The standard InChI is InChI=1S/C30H29ClN4O4S2/c1-18-5-8-21(9-6-18)41(36,37)35-25(20-7-10-24(32)19(2)13-20)14-22-27(23(31)15-33-28(22)35)26-16-34-29(40-26)30(11-4-12-30)39-17-38-3/h5-10,13-16H,4,11-12,17,32H2,1-3H3. The third kappa shape index (κ3) is 4.73. The molecule has 1 fully saturated rings. The topological polar surface area (TPSA) is 109 Å². The molecule has 0 atom stereocenters. The molecular formula is C30H29ClN4O4S2. The first-order chi connectivity index (χ1) is 19.6. The number of pyridine rings is 1. The fraction of sp³-hybridized carbons (Fsp3) is 0.267. The number of nitrogens with two attached hydrogens (primary N) is 1. The number of thiazole rings is 1. The van der Waals surface area contributed by atoms with Crippen molar-refractivity contribution in [2.45, 2.75) is 43.6 Å². The fourth-order valence-electron chi connectivity index (χ4n) is 5.14. The van der Waals surface area contributed by atoms with Crippen LogP contribution in [0.1, 0.15) is 35.4 Å². The van der Waals surface area contributed by atoms with Crippen LogP contribution < -0.4 is 5.73 Å². The highest BCUT2D eigenvalue weighted by atomic mass is 35.5. The molecule has 1 aliphatic carbocycles. The largest absolute Gasteiger partial charge is 0.399 e. The van der Waals surface area contributed by atoms with Gasteiger partial charge in [0, 0.05) is 36.1 Å². The van der Waals surface area contributed by atoms with Crippen LogP contribution in [0.5, 0.6) is 0 Å². The maximum absolute atomic E-state index is 14.2. The van der Waals surface area contributed by atoms with E-state index >= 15 is 0 Å². The number of hydrogen-bond donors (Lipinski definition) is 1. The predicted molar refractivity (Wildman–Crippen MR) is 163 cm³/mol. The zero-order valence-corrected chi connectivity index (χ0v) is 25.2. The first-order valence-corrected chi connectivity index (χ1v) is 15.8. The maximum atomic E-state index is 14.2. The number of rotatable bonds is 8. The molecule has 1 aliphatic rings. The van der Waals surface area contributed by atoms with Crippen LogP contribution in [0.4, 0.5) is 5.69 Å². The molecule has 1 saturated carbocycles. The highest BCUT2D eigenvalue weighted by molar-refractivity contribution is 7.90. The van der Waals surface area contributed by atoms with Gasteiger partial charge in [0.1, 0.15) is 17.4 Å². The van der Waals surface area contributed by atoms with Crippen molar-refractivity contribution in [2.75, 3.05) is 19.6 Å². The first-order valence-electron chi connectivity index (χ1n) is 13.1. The Morgan fingerprint density at radius 1 is 1.07 bits per heavy atom. The van der Waals surface area contributed by atoms with E-state index in [1.54, 1.807) is 43.6 Å². The van der Waals surface area contributed by atoms with Gasteiger partial charge in [-0.2, -0.15) is 0 Å². The van der Waals surface area contributed by atoms with Crippen LogP contribution in [0.25, 0.3) is 32.7 Å². The molecule has 0 amide bonds. The van der Waals surface area contributed by atoms with Crippen molar-refractivity contribution in [3.05, 3.63) is 82.1 Å². The molecule has 0 aliphatic heterocycles. The summed E-state index contributed by atoms with van der Waals surface area (Å²) in [6, 6.07) is 14.1. The zero-order chi connectivity index (χ0) is 28.9. The summed E-state index contributed by atoms with van der Waals surface area (Å²) in [6.07, 6.45) is 6.03. The van der Waals surface area contributed by atoms with Gasteiger partial charge in [-0.05, 0) is 74.6 Å².